The molecule has 0 atom stereocenters. The number of carbonyl (C=O) groups is 1. The van der Waals surface area contributed by atoms with Crippen molar-refractivity contribution in [1.82, 2.24) is 10.3 Å². The van der Waals surface area contributed by atoms with E-state index in [0.29, 0.717) is 6.07 Å². The number of nitrogens with zero attached hydrogens (tertiary/aromatic N) is 1. The summed E-state index contributed by atoms with van der Waals surface area (Å²) in [4.78, 5) is 16.4. The minimum atomic E-state index is -0.941. The van der Waals surface area contributed by atoms with Gasteiger partial charge in [-0.25, -0.2) is 8.78 Å². The van der Waals surface area contributed by atoms with E-state index in [4.69, 9.17) is 5.73 Å². The van der Waals surface area contributed by atoms with Gasteiger partial charge in [0.25, 0.3) is 5.91 Å². The third-order valence-electron chi connectivity index (χ3n) is 2.24. The summed E-state index contributed by atoms with van der Waals surface area (Å²) in [5.41, 5.74) is 6.37. The highest BCUT2D eigenvalue weighted by Gasteiger charge is 2.14. The first-order valence-corrected chi connectivity index (χ1v) is 5.86. The topological polar surface area (TPSA) is 68.0 Å². The zero-order valence-electron chi connectivity index (χ0n) is 9.11. The molecule has 0 aliphatic rings. The highest BCUT2D eigenvalue weighted by Crippen LogP contribution is 2.16. The van der Waals surface area contributed by atoms with Crippen molar-refractivity contribution in [1.29, 1.82) is 0 Å². The van der Waals surface area contributed by atoms with E-state index in [-0.39, 0.29) is 17.8 Å². The van der Waals surface area contributed by atoms with Crippen LogP contribution in [0.4, 0.5) is 14.5 Å². The Hall–Kier alpha value is -2.02. The lowest BCUT2D eigenvalue weighted by Crippen LogP contribution is -2.23. The van der Waals surface area contributed by atoms with Crippen LogP contribution in [0.1, 0.15) is 15.2 Å². The molecule has 0 spiro atoms. The van der Waals surface area contributed by atoms with Crippen LogP contribution >= 0.6 is 11.3 Å². The van der Waals surface area contributed by atoms with Gasteiger partial charge in [0.2, 0.25) is 0 Å². The maximum absolute atomic E-state index is 13.4. The molecule has 7 heteroatoms. The lowest BCUT2D eigenvalue weighted by Gasteiger charge is -2.06. The molecular weight excluding hydrogens is 260 g/mol. The molecule has 3 N–H and O–H groups in total. The average Bonchev–Trinajstić information content (AvgIpc) is 2.84. The second kappa shape index (κ2) is 5.09. The first kappa shape index (κ1) is 12.4. The van der Waals surface area contributed by atoms with Crippen LogP contribution in [0.5, 0.6) is 0 Å². The average molecular weight is 269 g/mol. The van der Waals surface area contributed by atoms with E-state index in [1.165, 1.54) is 11.3 Å². The molecule has 1 aromatic heterocycles. The van der Waals surface area contributed by atoms with Gasteiger partial charge in [0.05, 0.1) is 23.3 Å². The van der Waals surface area contributed by atoms with E-state index >= 15 is 0 Å². The van der Waals surface area contributed by atoms with E-state index in [2.05, 4.69) is 10.3 Å². The van der Waals surface area contributed by atoms with Crippen molar-refractivity contribution in [3.8, 4) is 0 Å². The summed E-state index contributed by atoms with van der Waals surface area (Å²) in [6.45, 7) is 0.236. The van der Waals surface area contributed by atoms with Gasteiger partial charge in [-0.2, -0.15) is 0 Å². The fourth-order valence-corrected chi connectivity index (χ4v) is 1.87. The highest BCUT2D eigenvalue weighted by atomic mass is 32.1. The van der Waals surface area contributed by atoms with Gasteiger partial charge in [-0.05, 0) is 6.07 Å². The summed E-state index contributed by atoms with van der Waals surface area (Å²) in [6, 6.07) is 1.57. The Labute approximate surface area is 105 Å². The van der Waals surface area contributed by atoms with Gasteiger partial charge >= 0.3 is 0 Å². The molecular formula is C11H9F2N3OS. The molecule has 0 aliphatic carbocycles. The summed E-state index contributed by atoms with van der Waals surface area (Å²) in [6.07, 6.45) is 1.60. The van der Waals surface area contributed by atoms with Gasteiger partial charge in [-0.1, -0.05) is 0 Å². The van der Waals surface area contributed by atoms with Crippen molar-refractivity contribution in [3.63, 3.8) is 0 Å². The van der Waals surface area contributed by atoms with E-state index < -0.39 is 17.5 Å². The summed E-state index contributed by atoms with van der Waals surface area (Å²) >= 11 is 1.37. The Bertz CT molecular complexity index is 572. The number of nitrogen functional groups attached to an aromatic ring is 1. The van der Waals surface area contributed by atoms with Crippen molar-refractivity contribution in [3.05, 3.63) is 45.9 Å². The lowest BCUT2D eigenvalue weighted by molar-refractivity contribution is 0.0947. The van der Waals surface area contributed by atoms with Crippen LogP contribution in [0, 0.1) is 11.6 Å². The Morgan fingerprint density at radius 3 is 2.83 bits per heavy atom. The monoisotopic (exact) mass is 269 g/mol. The van der Waals surface area contributed by atoms with Crippen LogP contribution in [-0.4, -0.2) is 10.9 Å². The summed E-state index contributed by atoms with van der Waals surface area (Å²) in [7, 11) is 0. The van der Waals surface area contributed by atoms with Gasteiger partial charge < -0.3 is 11.1 Å². The molecule has 2 aromatic rings. The number of benzene rings is 1. The molecule has 0 fully saturated rings. The fraction of sp³-hybridized carbons (Fsp3) is 0.0909. The Morgan fingerprint density at radius 2 is 2.17 bits per heavy atom. The van der Waals surface area contributed by atoms with E-state index in [1.54, 1.807) is 11.7 Å². The Morgan fingerprint density at radius 1 is 1.39 bits per heavy atom. The van der Waals surface area contributed by atoms with E-state index in [1.807, 2.05) is 0 Å². The predicted octanol–water partition coefficient (Wildman–Crippen LogP) is 1.93. The van der Waals surface area contributed by atoms with E-state index in [9.17, 15) is 13.6 Å². The van der Waals surface area contributed by atoms with Gasteiger partial charge in [0.15, 0.2) is 0 Å². The number of amides is 1. The van der Waals surface area contributed by atoms with Crippen molar-refractivity contribution in [2.24, 2.45) is 0 Å². The zero-order chi connectivity index (χ0) is 13.1. The molecule has 0 aliphatic heterocycles. The van der Waals surface area contributed by atoms with Crippen LogP contribution in [-0.2, 0) is 6.54 Å². The second-order valence-electron chi connectivity index (χ2n) is 3.50. The number of aromatic nitrogens is 1. The largest absolute Gasteiger partial charge is 0.396 e. The molecule has 0 unspecified atom stereocenters. The molecule has 94 valence electrons. The number of hydrogen-bond donors (Lipinski definition) is 2. The molecule has 0 bridgehead atoms. The fourth-order valence-electron chi connectivity index (χ4n) is 1.33. The summed E-state index contributed by atoms with van der Waals surface area (Å²) < 4.78 is 26.3. The number of nitrogens with one attached hydrogen (secondary N) is 1. The first-order valence-electron chi connectivity index (χ1n) is 4.98. The molecule has 0 saturated heterocycles. The maximum Gasteiger partial charge on any atom is 0.254 e. The van der Waals surface area contributed by atoms with Crippen molar-refractivity contribution < 1.29 is 13.6 Å². The van der Waals surface area contributed by atoms with Gasteiger partial charge in [-0.3, -0.25) is 9.78 Å². The van der Waals surface area contributed by atoms with Crippen LogP contribution in [0.15, 0.2) is 23.8 Å². The zero-order valence-corrected chi connectivity index (χ0v) is 9.93. The third-order valence-corrected chi connectivity index (χ3v) is 3.02. The van der Waals surface area contributed by atoms with Crippen molar-refractivity contribution >= 4 is 22.9 Å². The van der Waals surface area contributed by atoms with Gasteiger partial charge in [0.1, 0.15) is 11.6 Å². The lowest BCUT2D eigenvalue weighted by atomic mass is 10.1. The number of thiazole rings is 1. The number of halogens is 2. The summed E-state index contributed by atoms with van der Waals surface area (Å²) in [5, 5.41) is 2.50. The van der Waals surface area contributed by atoms with Crippen LogP contribution in [0.2, 0.25) is 0 Å². The molecule has 1 heterocycles. The number of nitrogens with two attached hydrogens (primary N) is 1. The second-order valence-corrected chi connectivity index (χ2v) is 4.47. The van der Waals surface area contributed by atoms with Crippen LogP contribution < -0.4 is 11.1 Å². The molecule has 0 saturated carbocycles. The third kappa shape index (κ3) is 2.62. The molecule has 4 nitrogen and oxygen atoms in total. The van der Waals surface area contributed by atoms with Gasteiger partial charge in [-0.15, -0.1) is 11.3 Å². The maximum atomic E-state index is 13.4. The molecule has 0 radical (unpaired) electrons. The van der Waals surface area contributed by atoms with Crippen molar-refractivity contribution in [2.75, 3.05) is 5.73 Å². The number of anilines is 1. The molecule has 18 heavy (non-hydrogen) atoms. The normalized spacial score (nSPS) is 10.3. The molecule has 1 amide bonds. The number of hydrogen-bond acceptors (Lipinski definition) is 4. The highest BCUT2D eigenvalue weighted by molar-refractivity contribution is 7.09. The van der Waals surface area contributed by atoms with E-state index in [0.717, 1.165) is 10.9 Å². The van der Waals surface area contributed by atoms with Gasteiger partial charge in [0, 0.05) is 17.1 Å². The minimum absolute atomic E-state index is 0.236. The van der Waals surface area contributed by atoms with Crippen molar-refractivity contribution in [2.45, 2.75) is 6.54 Å². The SMILES string of the molecule is Nc1cc(C(=O)NCc2cncs2)c(F)cc1F. The summed E-state index contributed by atoms with van der Waals surface area (Å²) in [5.74, 6) is -2.47. The number of rotatable bonds is 3. The first-order chi connectivity index (χ1) is 8.58. The van der Waals surface area contributed by atoms with Crippen LogP contribution in [0.3, 0.4) is 0 Å². The molecule has 2 rings (SSSR count). The standard InChI is InChI=1S/C11H9F2N3OS/c12-8-2-9(13)10(14)1-7(8)11(17)16-4-6-3-15-5-18-6/h1-3,5H,4,14H2,(H,16,17). The Kier molecular flexibility index (Phi) is 3.52. The Balaban J connectivity index is 2.11. The predicted molar refractivity (Wildman–Crippen MR) is 64.1 cm³/mol. The van der Waals surface area contributed by atoms with Crippen LogP contribution in [0.25, 0.3) is 0 Å². The quantitative estimate of drug-likeness (QED) is 0.837. The minimum Gasteiger partial charge on any atom is -0.396 e. The smallest absolute Gasteiger partial charge is 0.254 e. The molecule has 1 aromatic carbocycles. The number of carbonyl (C=O) groups excluding carboxylic acids is 1.